The summed E-state index contributed by atoms with van der Waals surface area (Å²) in [4.78, 5) is 4.25. The van der Waals surface area contributed by atoms with E-state index in [2.05, 4.69) is 4.98 Å². The molecule has 0 atom stereocenters. The van der Waals surface area contributed by atoms with Crippen LogP contribution in [-0.2, 0) is 13.6 Å². The molecule has 0 unspecified atom stereocenters. The average molecular weight is 191 g/mol. The highest BCUT2D eigenvalue weighted by Gasteiger charge is 2.09. The van der Waals surface area contributed by atoms with Gasteiger partial charge < -0.3 is 15.0 Å². The van der Waals surface area contributed by atoms with Crippen LogP contribution in [0.15, 0.2) is 18.5 Å². The Morgan fingerprint density at radius 2 is 2.29 bits per heavy atom. The summed E-state index contributed by atoms with van der Waals surface area (Å²) >= 11 is 0. The lowest BCUT2D eigenvalue weighted by Crippen LogP contribution is -2.02. The van der Waals surface area contributed by atoms with Crippen molar-refractivity contribution in [1.82, 2.24) is 9.55 Å². The molecule has 4 heteroatoms. The maximum absolute atomic E-state index is 5.70. The number of hydrogen-bond donors (Lipinski definition) is 1. The third-order valence-corrected chi connectivity index (χ3v) is 2.37. The van der Waals surface area contributed by atoms with Crippen molar-refractivity contribution in [3.63, 3.8) is 0 Å². The summed E-state index contributed by atoms with van der Waals surface area (Å²) in [6.45, 7) is 0.458. The van der Waals surface area contributed by atoms with Gasteiger partial charge in [0, 0.05) is 19.2 Å². The fraction of sp³-hybridized carbons (Fsp3) is 0.300. The van der Waals surface area contributed by atoms with Gasteiger partial charge >= 0.3 is 0 Å². The monoisotopic (exact) mass is 191 g/mol. The molecular formula is C10H13N3O. The number of hydrogen-bond acceptors (Lipinski definition) is 3. The van der Waals surface area contributed by atoms with E-state index in [1.54, 1.807) is 13.4 Å². The maximum atomic E-state index is 5.70. The molecule has 2 N–H and O–H groups in total. The molecule has 4 nitrogen and oxygen atoms in total. The molecule has 2 rings (SSSR count). The Morgan fingerprint density at radius 1 is 1.50 bits per heavy atom. The SMILES string of the molecule is COc1ccc2ncn(C)c2c1CN. The Hall–Kier alpha value is -1.55. The maximum Gasteiger partial charge on any atom is 0.125 e. The molecule has 1 aromatic carbocycles. The van der Waals surface area contributed by atoms with Gasteiger partial charge in [-0.2, -0.15) is 0 Å². The van der Waals surface area contributed by atoms with Crippen molar-refractivity contribution in [2.75, 3.05) is 7.11 Å². The first-order valence-corrected chi connectivity index (χ1v) is 4.45. The number of imidazole rings is 1. The van der Waals surface area contributed by atoms with Gasteiger partial charge in [-0.1, -0.05) is 0 Å². The number of nitrogens with zero attached hydrogens (tertiary/aromatic N) is 2. The Bertz CT molecular complexity index is 462. The molecule has 74 valence electrons. The summed E-state index contributed by atoms with van der Waals surface area (Å²) in [5, 5.41) is 0. The second kappa shape index (κ2) is 3.31. The van der Waals surface area contributed by atoms with E-state index in [0.717, 1.165) is 22.3 Å². The number of ether oxygens (including phenoxy) is 1. The lowest BCUT2D eigenvalue weighted by molar-refractivity contribution is 0.410. The van der Waals surface area contributed by atoms with Crippen LogP contribution in [-0.4, -0.2) is 16.7 Å². The van der Waals surface area contributed by atoms with Crippen molar-refractivity contribution < 1.29 is 4.74 Å². The summed E-state index contributed by atoms with van der Waals surface area (Å²) in [6.07, 6.45) is 1.78. The van der Waals surface area contributed by atoms with E-state index in [9.17, 15) is 0 Å². The summed E-state index contributed by atoms with van der Waals surface area (Å²) < 4.78 is 7.21. The van der Waals surface area contributed by atoms with Crippen molar-refractivity contribution >= 4 is 11.0 Å². The molecule has 2 aromatic rings. The first kappa shape index (κ1) is 9.02. The highest BCUT2D eigenvalue weighted by atomic mass is 16.5. The Morgan fingerprint density at radius 3 is 2.93 bits per heavy atom. The van der Waals surface area contributed by atoms with Gasteiger partial charge in [0.25, 0.3) is 0 Å². The minimum atomic E-state index is 0.458. The topological polar surface area (TPSA) is 53.1 Å². The fourth-order valence-electron chi connectivity index (χ4n) is 1.70. The van der Waals surface area contributed by atoms with Gasteiger partial charge in [-0.15, -0.1) is 0 Å². The van der Waals surface area contributed by atoms with Gasteiger partial charge in [-0.25, -0.2) is 4.98 Å². The number of aryl methyl sites for hydroxylation is 1. The van der Waals surface area contributed by atoms with Crippen LogP contribution in [0.1, 0.15) is 5.56 Å². The van der Waals surface area contributed by atoms with Crippen molar-refractivity contribution in [1.29, 1.82) is 0 Å². The molecule has 0 aliphatic rings. The molecule has 0 aliphatic carbocycles. The number of fused-ring (bicyclic) bond motifs is 1. The van der Waals surface area contributed by atoms with Crippen LogP contribution >= 0.6 is 0 Å². The lowest BCUT2D eigenvalue weighted by Gasteiger charge is -2.08. The fourth-order valence-corrected chi connectivity index (χ4v) is 1.70. The minimum Gasteiger partial charge on any atom is -0.496 e. The summed E-state index contributed by atoms with van der Waals surface area (Å²) in [6, 6.07) is 3.84. The predicted octanol–water partition coefficient (Wildman–Crippen LogP) is 1.04. The van der Waals surface area contributed by atoms with Gasteiger partial charge in [0.2, 0.25) is 0 Å². The number of methoxy groups -OCH3 is 1. The number of aromatic nitrogens is 2. The third-order valence-electron chi connectivity index (χ3n) is 2.37. The zero-order chi connectivity index (χ0) is 10.1. The van der Waals surface area contributed by atoms with E-state index in [1.165, 1.54) is 0 Å². The second-order valence-electron chi connectivity index (χ2n) is 3.17. The summed E-state index contributed by atoms with van der Waals surface area (Å²) in [5.74, 6) is 0.823. The van der Waals surface area contributed by atoms with E-state index >= 15 is 0 Å². The smallest absolute Gasteiger partial charge is 0.125 e. The molecule has 0 bridgehead atoms. The molecular weight excluding hydrogens is 178 g/mol. The third kappa shape index (κ3) is 1.15. The summed E-state index contributed by atoms with van der Waals surface area (Å²) in [7, 11) is 3.60. The van der Waals surface area contributed by atoms with Crippen molar-refractivity contribution in [3.05, 3.63) is 24.0 Å². The van der Waals surface area contributed by atoms with Crippen molar-refractivity contribution in [2.45, 2.75) is 6.54 Å². The normalized spacial score (nSPS) is 10.8. The van der Waals surface area contributed by atoms with Crippen molar-refractivity contribution in [3.8, 4) is 5.75 Å². The summed E-state index contributed by atoms with van der Waals surface area (Å²) in [5.41, 5.74) is 8.70. The Kier molecular flexibility index (Phi) is 2.13. The van der Waals surface area contributed by atoms with Gasteiger partial charge in [-0.05, 0) is 12.1 Å². The van der Waals surface area contributed by atoms with Crippen LogP contribution in [0.5, 0.6) is 5.75 Å². The molecule has 0 spiro atoms. The number of rotatable bonds is 2. The molecule has 0 aliphatic heterocycles. The quantitative estimate of drug-likeness (QED) is 0.771. The highest BCUT2D eigenvalue weighted by Crippen LogP contribution is 2.26. The zero-order valence-electron chi connectivity index (χ0n) is 8.32. The van der Waals surface area contributed by atoms with Gasteiger partial charge in [0.1, 0.15) is 5.75 Å². The van der Waals surface area contributed by atoms with E-state index < -0.39 is 0 Å². The largest absolute Gasteiger partial charge is 0.496 e. The molecule has 1 aromatic heterocycles. The first-order chi connectivity index (χ1) is 6.77. The molecule has 0 radical (unpaired) electrons. The van der Waals surface area contributed by atoms with Crippen molar-refractivity contribution in [2.24, 2.45) is 12.8 Å². The number of benzene rings is 1. The van der Waals surface area contributed by atoms with Crippen LogP contribution in [0, 0.1) is 0 Å². The molecule has 0 amide bonds. The van der Waals surface area contributed by atoms with Crippen LogP contribution < -0.4 is 10.5 Å². The van der Waals surface area contributed by atoms with Crippen LogP contribution in [0.2, 0.25) is 0 Å². The number of nitrogens with two attached hydrogens (primary N) is 1. The van der Waals surface area contributed by atoms with Crippen LogP contribution in [0.4, 0.5) is 0 Å². The van der Waals surface area contributed by atoms with Gasteiger partial charge in [0.15, 0.2) is 0 Å². The molecule has 0 fully saturated rings. The van der Waals surface area contributed by atoms with Gasteiger partial charge in [-0.3, -0.25) is 0 Å². The lowest BCUT2D eigenvalue weighted by atomic mass is 10.1. The second-order valence-corrected chi connectivity index (χ2v) is 3.17. The Labute approximate surface area is 82.3 Å². The van der Waals surface area contributed by atoms with Crippen LogP contribution in [0.3, 0.4) is 0 Å². The minimum absolute atomic E-state index is 0.458. The molecule has 0 saturated carbocycles. The van der Waals surface area contributed by atoms with E-state index in [0.29, 0.717) is 6.54 Å². The van der Waals surface area contributed by atoms with E-state index in [1.807, 2.05) is 23.7 Å². The van der Waals surface area contributed by atoms with Crippen LogP contribution in [0.25, 0.3) is 11.0 Å². The molecule has 14 heavy (non-hydrogen) atoms. The van der Waals surface area contributed by atoms with Gasteiger partial charge in [0.05, 0.1) is 24.5 Å². The first-order valence-electron chi connectivity index (χ1n) is 4.45. The standard InChI is InChI=1S/C10H13N3O/c1-13-6-12-8-3-4-9(14-2)7(5-11)10(8)13/h3-4,6H,5,11H2,1-2H3. The van der Waals surface area contributed by atoms with E-state index in [4.69, 9.17) is 10.5 Å². The molecule has 1 heterocycles. The average Bonchev–Trinajstić information content (AvgIpc) is 2.59. The highest BCUT2D eigenvalue weighted by molar-refractivity contribution is 5.81. The Balaban J connectivity index is 2.81. The van der Waals surface area contributed by atoms with E-state index in [-0.39, 0.29) is 0 Å². The predicted molar refractivity (Wildman–Crippen MR) is 55.2 cm³/mol. The zero-order valence-corrected chi connectivity index (χ0v) is 8.32. The molecule has 0 saturated heterocycles.